The molecule has 0 unspecified atom stereocenters. The van der Waals surface area contributed by atoms with Crippen molar-refractivity contribution in [2.24, 2.45) is 0 Å². The number of carboxylic acid groups (broad SMARTS) is 1. The normalized spacial score (nSPS) is 11.9. The minimum Gasteiger partial charge on any atom is -0.480 e. The molecular weight excluding hydrogens is 309 g/mol. The monoisotopic (exact) mass is 319 g/mol. The number of carboxylic acids is 1. The van der Waals surface area contributed by atoms with Gasteiger partial charge in [0.1, 0.15) is 11.9 Å². The largest absolute Gasteiger partial charge is 0.480 e. The standard InChI is InChI=1S/C11H11BrFNO4/c12-8-5-6(13)1-2-7(8)10(16)14-9(3-4-15)11(17)18/h1-2,5,9,15H,3-4H2,(H,14,16)(H,17,18)/t9-/m1/s1. The van der Waals surface area contributed by atoms with Crippen LogP contribution in [-0.4, -0.2) is 34.7 Å². The highest BCUT2D eigenvalue weighted by molar-refractivity contribution is 9.10. The maximum Gasteiger partial charge on any atom is 0.326 e. The molecule has 0 fully saturated rings. The van der Waals surface area contributed by atoms with Gasteiger partial charge in [0.05, 0.1) is 5.56 Å². The molecule has 0 saturated carbocycles. The predicted molar refractivity (Wildman–Crippen MR) is 64.7 cm³/mol. The summed E-state index contributed by atoms with van der Waals surface area (Å²) in [4.78, 5) is 22.6. The number of aliphatic carboxylic acids is 1. The summed E-state index contributed by atoms with van der Waals surface area (Å²) < 4.78 is 13.1. The molecular formula is C11H11BrFNO4. The van der Waals surface area contributed by atoms with Crippen LogP contribution in [0.5, 0.6) is 0 Å². The summed E-state index contributed by atoms with van der Waals surface area (Å²) in [5.74, 6) is -2.40. The summed E-state index contributed by atoms with van der Waals surface area (Å²) in [5, 5.41) is 19.7. The van der Waals surface area contributed by atoms with E-state index in [-0.39, 0.29) is 23.1 Å². The Hall–Kier alpha value is -1.47. The van der Waals surface area contributed by atoms with Crippen molar-refractivity contribution in [2.45, 2.75) is 12.5 Å². The third-order valence-electron chi connectivity index (χ3n) is 2.20. The van der Waals surface area contributed by atoms with Crippen LogP contribution in [0.15, 0.2) is 22.7 Å². The molecule has 7 heteroatoms. The topological polar surface area (TPSA) is 86.6 Å². The van der Waals surface area contributed by atoms with Crippen LogP contribution < -0.4 is 5.32 Å². The van der Waals surface area contributed by atoms with Gasteiger partial charge in [-0.3, -0.25) is 4.79 Å². The van der Waals surface area contributed by atoms with Gasteiger partial charge >= 0.3 is 5.97 Å². The highest BCUT2D eigenvalue weighted by Gasteiger charge is 2.21. The van der Waals surface area contributed by atoms with Crippen LogP contribution in [0.1, 0.15) is 16.8 Å². The molecule has 0 heterocycles. The molecule has 0 aliphatic rings. The molecule has 0 radical (unpaired) electrons. The first-order valence-corrected chi connectivity index (χ1v) is 5.84. The molecule has 1 aromatic carbocycles. The van der Waals surface area contributed by atoms with E-state index in [1.165, 1.54) is 6.07 Å². The number of hydrogen-bond acceptors (Lipinski definition) is 3. The fourth-order valence-electron chi connectivity index (χ4n) is 1.30. The highest BCUT2D eigenvalue weighted by Crippen LogP contribution is 2.18. The molecule has 1 atom stereocenters. The number of halogens is 2. The number of rotatable bonds is 5. The minimum atomic E-state index is -1.24. The summed E-state index contributed by atoms with van der Waals surface area (Å²) >= 11 is 3.02. The molecule has 0 aliphatic heterocycles. The summed E-state index contributed by atoms with van der Waals surface area (Å²) in [7, 11) is 0. The molecule has 0 saturated heterocycles. The molecule has 1 rings (SSSR count). The van der Waals surface area contributed by atoms with Crippen molar-refractivity contribution in [2.75, 3.05) is 6.61 Å². The van der Waals surface area contributed by atoms with E-state index in [0.717, 1.165) is 12.1 Å². The smallest absolute Gasteiger partial charge is 0.326 e. The maximum atomic E-state index is 12.8. The fourth-order valence-corrected chi connectivity index (χ4v) is 1.83. The van der Waals surface area contributed by atoms with E-state index in [9.17, 15) is 14.0 Å². The van der Waals surface area contributed by atoms with Crippen molar-refractivity contribution in [3.8, 4) is 0 Å². The van der Waals surface area contributed by atoms with Gasteiger partial charge in [0.25, 0.3) is 5.91 Å². The number of amides is 1. The van der Waals surface area contributed by atoms with E-state index in [0.29, 0.717) is 0 Å². The summed E-state index contributed by atoms with van der Waals surface area (Å²) in [5.41, 5.74) is 0.126. The van der Waals surface area contributed by atoms with Crippen molar-refractivity contribution in [3.05, 3.63) is 34.1 Å². The molecule has 3 N–H and O–H groups in total. The van der Waals surface area contributed by atoms with Gasteiger partial charge in [-0.05, 0) is 34.1 Å². The van der Waals surface area contributed by atoms with E-state index in [4.69, 9.17) is 10.2 Å². The summed E-state index contributed by atoms with van der Waals surface area (Å²) in [6.45, 7) is -0.359. The van der Waals surface area contributed by atoms with Crippen LogP contribution in [0.2, 0.25) is 0 Å². The second kappa shape index (κ2) is 6.46. The lowest BCUT2D eigenvalue weighted by molar-refractivity contribution is -0.139. The Labute approximate surface area is 111 Å². The van der Waals surface area contributed by atoms with Crippen molar-refractivity contribution in [1.82, 2.24) is 5.32 Å². The highest BCUT2D eigenvalue weighted by atomic mass is 79.9. The fraction of sp³-hybridized carbons (Fsp3) is 0.273. The first kappa shape index (κ1) is 14.6. The average molecular weight is 320 g/mol. The predicted octanol–water partition coefficient (Wildman–Crippen LogP) is 1.15. The van der Waals surface area contributed by atoms with Crippen LogP contribution >= 0.6 is 15.9 Å². The van der Waals surface area contributed by atoms with Crippen molar-refractivity contribution in [1.29, 1.82) is 0 Å². The van der Waals surface area contributed by atoms with E-state index in [1.54, 1.807) is 0 Å². The SMILES string of the molecule is O=C(N[C@H](CCO)C(=O)O)c1ccc(F)cc1Br. The van der Waals surface area contributed by atoms with Crippen LogP contribution in [0.3, 0.4) is 0 Å². The molecule has 18 heavy (non-hydrogen) atoms. The zero-order valence-electron chi connectivity index (χ0n) is 9.19. The lowest BCUT2D eigenvalue weighted by atomic mass is 10.1. The third kappa shape index (κ3) is 3.78. The first-order valence-electron chi connectivity index (χ1n) is 5.05. The van der Waals surface area contributed by atoms with Crippen molar-refractivity contribution < 1.29 is 24.2 Å². The molecule has 1 amide bonds. The Morgan fingerprint density at radius 3 is 2.61 bits per heavy atom. The second-order valence-corrected chi connectivity index (χ2v) is 4.36. The minimum absolute atomic E-state index is 0.0973. The Balaban J connectivity index is 2.83. The molecule has 98 valence electrons. The van der Waals surface area contributed by atoms with E-state index >= 15 is 0 Å². The average Bonchev–Trinajstić information content (AvgIpc) is 2.27. The molecule has 0 aromatic heterocycles. The number of aliphatic hydroxyl groups excluding tert-OH is 1. The number of carbonyl (C=O) groups excluding carboxylic acids is 1. The molecule has 0 spiro atoms. The zero-order valence-corrected chi connectivity index (χ0v) is 10.8. The molecule has 1 aromatic rings. The van der Waals surface area contributed by atoms with Gasteiger partial charge in [-0.2, -0.15) is 0 Å². The quantitative estimate of drug-likeness (QED) is 0.760. The number of benzene rings is 1. The molecule has 0 aliphatic carbocycles. The van der Waals surface area contributed by atoms with E-state index in [2.05, 4.69) is 21.2 Å². The van der Waals surface area contributed by atoms with Gasteiger partial charge in [0.2, 0.25) is 0 Å². The third-order valence-corrected chi connectivity index (χ3v) is 2.85. The van der Waals surface area contributed by atoms with Gasteiger partial charge in [0, 0.05) is 17.5 Å². The van der Waals surface area contributed by atoms with Crippen LogP contribution in [0.4, 0.5) is 4.39 Å². The number of carbonyl (C=O) groups is 2. The van der Waals surface area contributed by atoms with Gasteiger partial charge in [0.15, 0.2) is 0 Å². The van der Waals surface area contributed by atoms with Crippen LogP contribution in [0.25, 0.3) is 0 Å². The van der Waals surface area contributed by atoms with E-state index < -0.39 is 23.7 Å². The summed E-state index contributed by atoms with van der Waals surface area (Å²) in [6.07, 6.45) is -0.0973. The van der Waals surface area contributed by atoms with Gasteiger partial charge in [-0.1, -0.05) is 0 Å². The van der Waals surface area contributed by atoms with Crippen molar-refractivity contribution >= 4 is 27.8 Å². The zero-order chi connectivity index (χ0) is 13.7. The van der Waals surface area contributed by atoms with Gasteiger partial charge in [-0.25, -0.2) is 9.18 Å². The van der Waals surface area contributed by atoms with E-state index in [1.807, 2.05) is 0 Å². The number of aliphatic hydroxyl groups is 1. The lowest BCUT2D eigenvalue weighted by Crippen LogP contribution is -2.41. The Morgan fingerprint density at radius 2 is 2.11 bits per heavy atom. The summed E-state index contributed by atoms with van der Waals surface area (Å²) in [6, 6.07) is 2.27. The second-order valence-electron chi connectivity index (χ2n) is 3.50. The number of hydrogen-bond donors (Lipinski definition) is 3. The Kier molecular flexibility index (Phi) is 5.24. The van der Waals surface area contributed by atoms with Gasteiger partial charge < -0.3 is 15.5 Å². The Morgan fingerprint density at radius 1 is 1.44 bits per heavy atom. The molecule has 5 nitrogen and oxygen atoms in total. The lowest BCUT2D eigenvalue weighted by Gasteiger charge is -2.13. The van der Waals surface area contributed by atoms with Crippen LogP contribution in [0, 0.1) is 5.82 Å². The van der Waals surface area contributed by atoms with Gasteiger partial charge in [-0.15, -0.1) is 0 Å². The van der Waals surface area contributed by atoms with Crippen molar-refractivity contribution in [3.63, 3.8) is 0 Å². The Bertz CT molecular complexity index is 466. The van der Waals surface area contributed by atoms with Crippen LogP contribution in [-0.2, 0) is 4.79 Å². The molecule has 0 bridgehead atoms. The maximum absolute atomic E-state index is 12.8. The number of nitrogens with one attached hydrogen (secondary N) is 1. The first-order chi connectivity index (χ1) is 8.45.